The molecule has 1 aromatic heterocycles. The van der Waals surface area contributed by atoms with Gasteiger partial charge in [0.15, 0.2) is 5.75 Å². The third-order valence-electron chi connectivity index (χ3n) is 3.01. The topological polar surface area (TPSA) is 54.7 Å². The summed E-state index contributed by atoms with van der Waals surface area (Å²) in [5.41, 5.74) is 0.587. The van der Waals surface area contributed by atoms with E-state index in [4.69, 9.17) is 4.74 Å². The van der Waals surface area contributed by atoms with Gasteiger partial charge in [0.2, 0.25) is 5.43 Å². The molecule has 114 valence electrons. The van der Waals surface area contributed by atoms with Gasteiger partial charge in [0, 0.05) is 38.1 Å². The summed E-state index contributed by atoms with van der Waals surface area (Å²) in [4.78, 5) is 13.5. The van der Waals surface area contributed by atoms with Crippen LogP contribution in [0.4, 0.5) is 0 Å². The zero-order valence-electron chi connectivity index (χ0n) is 12.8. The number of ether oxygens (including phenoxy) is 1. The summed E-state index contributed by atoms with van der Waals surface area (Å²) in [6.07, 6.45) is 4.62. The highest BCUT2D eigenvalue weighted by Gasteiger charge is 2.06. The molecule has 1 N–H and O–H groups in total. The van der Waals surface area contributed by atoms with E-state index in [1.54, 1.807) is 0 Å². The van der Waals surface area contributed by atoms with Crippen molar-refractivity contribution in [3.63, 3.8) is 0 Å². The maximum absolute atomic E-state index is 11.5. The Morgan fingerprint density at radius 2 is 2.00 bits per heavy atom. The molecule has 1 aromatic rings. The molecule has 0 aliphatic rings. The number of hydrogen-bond donors (Lipinski definition) is 1. The summed E-state index contributed by atoms with van der Waals surface area (Å²) >= 11 is 0. The number of nitrogens with zero attached hydrogens (tertiary/aromatic N) is 2. The van der Waals surface area contributed by atoms with Gasteiger partial charge in [0.1, 0.15) is 0 Å². The van der Waals surface area contributed by atoms with Crippen LogP contribution in [0.1, 0.15) is 31.9 Å². The van der Waals surface area contributed by atoms with Gasteiger partial charge in [-0.1, -0.05) is 13.3 Å². The zero-order chi connectivity index (χ0) is 15.0. The molecule has 0 amide bonds. The average Bonchev–Trinajstić information content (AvgIpc) is 2.38. The molecule has 5 nitrogen and oxygen atoms in total. The van der Waals surface area contributed by atoms with Crippen LogP contribution in [-0.2, 0) is 17.8 Å². The Kier molecular flexibility index (Phi) is 7.33. The molecule has 0 spiro atoms. The van der Waals surface area contributed by atoms with Crippen molar-refractivity contribution >= 4 is 0 Å². The van der Waals surface area contributed by atoms with Crippen LogP contribution in [0, 0.1) is 0 Å². The second-order valence-electron chi connectivity index (χ2n) is 5.26. The highest BCUT2D eigenvalue weighted by Crippen LogP contribution is 2.08. The molecule has 0 bridgehead atoms. The number of pyridine rings is 1. The first-order chi connectivity index (χ1) is 9.54. The molecule has 0 aliphatic heterocycles. The fourth-order valence-corrected chi connectivity index (χ4v) is 1.96. The van der Waals surface area contributed by atoms with Crippen molar-refractivity contribution in [3.05, 3.63) is 28.2 Å². The van der Waals surface area contributed by atoms with Crippen molar-refractivity contribution in [3.8, 4) is 5.75 Å². The third kappa shape index (κ3) is 5.75. The highest BCUT2D eigenvalue weighted by atomic mass is 16.5. The number of unbranched alkanes of at least 4 members (excludes halogenated alkanes) is 1. The Labute approximate surface area is 120 Å². The van der Waals surface area contributed by atoms with Crippen LogP contribution in [0.15, 0.2) is 17.1 Å². The molecule has 0 radical (unpaired) electrons. The fraction of sp³-hybridized carbons (Fsp3) is 0.667. The van der Waals surface area contributed by atoms with Crippen LogP contribution in [0.5, 0.6) is 5.75 Å². The second kappa shape index (κ2) is 8.76. The maximum atomic E-state index is 11.5. The third-order valence-corrected chi connectivity index (χ3v) is 3.01. The van der Waals surface area contributed by atoms with E-state index in [2.05, 4.69) is 6.92 Å². The summed E-state index contributed by atoms with van der Waals surface area (Å²) in [6.45, 7) is 5.06. The lowest BCUT2D eigenvalue weighted by atomic mass is 10.3. The SMILES string of the molecule is CCCCOCCCn1cc(O)c(=O)cc1CN(C)C. The molecular weight excluding hydrogens is 256 g/mol. The first-order valence-electron chi connectivity index (χ1n) is 7.19. The number of hydrogen-bond acceptors (Lipinski definition) is 4. The maximum Gasteiger partial charge on any atom is 0.223 e. The Morgan fingerprint density at radius 3 is 2.65 bits per heavy atom. The van der Waals surface area contributed by atoms with Gasteiger partial charge in [0.05, 0.1) is 6.20 Å². The Hall–Kier alpha value is -1.33. The molecule has 1 heterocycles. The molecule has 0 saturated heterocycles. The van der Waals surface area contributed by atoms with Crippen LogP contribution in [0.2, 0.25) is 0 Å². The van der Waals surface area contributed by atoms with Crippen LogP contribution in [-0.4, -0.2) is 41.9 Å². The molecule has 1 rings (SSSR count). The van der Waals surface area contributed by atoms with Gasteiger partial charge in [-0.3, -0.25) is 4.79 Å². The number of aryl methyl sites for hydroxylation is 1. The molecule has 0 aromatic carbocycles. The van der Waals surface area contributed by atoms with Gasteiger partial charge in [-0.15, -0.1) is 0 Å². The van der Waals surface area contributed by atoms with E-state index >= 15 is 0 Å². The standard InChI is InChI=1S/C15H26N2O3/c1-4-5-8-20-9-6-7-17-12-15(19)14(18)10-13(17)11-16(2)3/h10,12,19H,4-9,11H2,1-3H3. The summed E-state index contributed by atoms with van der Waals surface area (Å²) in [7, 11) is 3.91. The summed E-state index contributed by atoms with van der Waals surface area (Å²) in [5, 5.41) is 9.55. The first-order valence-corrected chi connectivity index (χ1v) is 7.19. The second-order valence-corrected chi connectivity index (χ2v) is 5.26. The molecular formula is C15H26N2O3. The molecule has 0 fully saturated rings. The molecule has 0 aliphatic carbocycles. The zero-order valence-corrected chi connectivity index (χ0v) is 12.8. The molecule has 0 saturated carbocycles. The van der Waals surface area contributed by atoms with Gasteiger partial charge in [-0.05, 0) is 26.9 Å². The summed E-state index contributed by atoms with van der Waals surface area (Å²) in [5.74, 6) is -0.195. The smallest absolute Gasteiger partial charge is 0.223 e. The van der Waals surface area contributed by atoms with Gasteiger partial charge in [-0.25, -0.2) is 0 Å². The molecule has 5 heteroatoms. The summed E-state index contributed by atoms with van der Waals surface area (Å²) in [6, 6.07) is 1.51. The monoisotopic (exact) mass is 282 g/mol. The quantitative estimate of drug-likeness (QED) is 0.702. The van der Waals surface area contributed by atoms with Gasteiger partial charge >= 0.3 is 0 Å². The minimum absolute atomic E-state index is 0.195. The minimum Gasteiger partial charge on any atom is -0.503 e. The van der Waals surface area contributed by atoms with Crippen LogP contribution < -0.4 is 5.43 Å². The van der Waals surface area contributed by atoms with Crippen LogP contribution >= 0.6 is 0 Å². The number of aromatic hydroxyl groups is 1. The van der Waals surface area contributed by atoms with E-state index in [1.165, 1.54) is 12.3 Å². The Balaban J connectivity index is 2.58. The lowest BCUT2D eigenvalue weighted by Crippen LogP contribution is -2.20. The predicted octanol–water partition coefficient (Wildman–Crippen LogP) is 1.82. The lowest BCUT2D eigenvalue weighted by Gasteiger charge is -2.17. The number of rotatable bonds is 9. The van der Waals surface area contributed by atoms with Crippen molar-refractivity contribution < 1.29 is 9.84 Å². The van der Waals surface area contributed by atoms with Gasteiger partial charge < -0.3 is 19.3 Å². The van der Waals surface area contributed by atoms with E-state index < -0.39 is 0 Å². The van der Waals surface area contributed by atoms with E-state index in [9.17, 15) is 9.90 Å². The van der Waals surface area contributed by atoms with E-state index in [-0.39, 0.29) is 11.2 Å². The van der Waals surface area contributed by atoms with Crippen molar-refractivity contribution in [1.82, 2.24) is 9.47 Å². The van der Waals surface area contributed by atoms with Crippen molar-refractivity contribution in [1.29, 1.82) is 0 Å². The van der Waals surface area contributed by atoms with E-state index in [0.29, 0.717) is 13.2 Å². The predicted molar refractivity (Wildman–Crippen MR) is 80.1 cm³/mol. The van der Waals surface area contributed by atoms with E-state index in [1.807, 2.05) is 23.6 Å². The Morgan fingerprint density at radius 1 is 1.30 bits per heavy atom. The van der Waals surface area contributed by atoms with Crippen molar-refractivity contribution in [2.45, 2.75) is 39.3 Å². The fourth-order valence-electron chi connectivity index (χ4n) is 1.96. The minimum atomic E-state index is -0.322. The highest BCUT2D eigenvalue weighted by molar-refractivity contribution is 5.20. The summed E-state index contributed by atoms with van der Waals surface area (Å²) < 4.78 is 7.45. The molecule has 20 heavy (non-hydrogen) atoms. The number of aromatic nitrogens is 1. The molecule has 0 atom stereocenters. The molecule has 0 unspecified atom stereocenters. The van der Waals surface area contributed by atoms with Crippen LogP contribution in [0.25, 0.3) is 0 Å². The van der Waals surface area contributed by atoms with Crippen molar-refractivity contribution in [2.24, 2.45) is 0 Å². The van der Waals surface area contributed by atoms with Gasteiger partial charge in [-0.2, -0.15) is 0 Å². The largest absolute Gasteiger partial charge is 0.503 e. The Bertz CT molecular complexity index is 455. The van der Waals surface area contributed by atoms with Crippen LogP contribution in [0.3, 0.4) is 0 Å². The normalized spacial score (nSPS) is 11.2. The van der Waals surface area contributed by atoms with Gasteiger partial charge in [0.25, 0.3) is 0 Å². The average molecular weight is 282 g/mol. The van der Waals surface area contributed by atoms with Crippen molar-refractivity contribution in [2.75, 3.05) is 27.3 Å². The first kappa shape index (κ1) is 16.7. The lowest BCUT2D eigenvalue weighted by molar-refractivity contribution is 0.125. The van der Waals surface area contributed by atoms with E-state index in [0.717, 1.165) is 38.1 Å².